The van der Waals surface area contributed by atoms with E-state index in [4.69, 9.17) is 16.5 Å². The molecule has 1 aromatic heterocycles. The summed E-state index contributed by atoms with van der Waals surface area (Å²) >= 11 is 1.52. The number of rotatable bonds is 3. The summed E-state index contributed by atoms with van der Waals surface area (Å²) in [6, 6.07) is 6.03. The molecule has 5 rings (SSSR count). The van der Waals surface area contributed by atoms with Gasteiger partial charge in [-0.2, -0.15) is 0 Å². The van der Waals surface area contributed by atoms with Crippen LogP contribution in [0.5, 0.6) is 0 Å². The highest BCUT2D eigenvalue weighted by molar-refractivity contribution is 7.99. The molecule has 1 aliphatic heterocycles. The van der Waals surface area contributed by atoms with Crippen LogP contribution in [0.1, 0.15) is 75.5 Å². The molecule has 2 atom stereocenters. The Morgan fingerprint density at radius 2 is 2.03 bits per heavy atom. The average molecular weight is 466 g/mol. The van der Waals surface area contributed by atoms with Gasteiger partial charge < -0.3 is 16.4 Å². The Kier molecular flexibility index (Phi) is 5.69. The number of Topliss-reactive ketones (excluding diaryl/α,β-unsaturated/α-hetero) is 1. The number of hydrogen-bond donors (Lipinski definition) is 2. The van der Waals surface area contributed by atoms with Gasteiger partial charge in [-0.15, -0.1) is 0 Å². The number of nitrogen functional groups attached to an aromatic ring is 1. The monoisotopic (exact) mass is 465 g/mol. The van der Waals surface area contributed by atoms with Crippen LogP contribution < -0.4 is 16.4 Å². The molecule has 2 aliphatic carbocycles. The van der Waals surface area contributed by atoms with Crippen LogP contribution in [-0.2, 0) is 9.59 Å². The summed E-state index contributed by atoms with van der Waals surface area (Å²) in [6.07, 6.45) is 6.86. The minimum atomic E-state index is -0.0134. The van der Waals surface area contributed by atoms with Gasteiger partial charge in [0.15, 0.2) is 5.82 Å². The number of ketones is 1. The number of fused-ring (bicyclic) bond motifs is 1. The highest BCUT2D eigenvalue weighted by Gasteiger charge is 2.47. The minimum absolute atomic E-state index is 0.00482. The van der Waals surface area contributed by atoms with Crippen molar-refractivity contribution in [3.63, 3.8) is 0 Å². The van der Waals surface area contributed by atoms with Gasteiger partial charge in [-0.3, -0.25) is 9.59 Å². The molecule has 2 fully saturated rings. The normalized spacial score (nSPS) is 29.0. The molecule has 174 valence electrons. The highest BCUT2D eigenvalue weighted by atomic mass is 32.2. The lowest BCUT2D eigenvalue weighted by atomic mass is 9.67. The zero-order chi connectivity index (χ0) is 23.3. The summed E-state index contributed by atoms with van der Waals surface area (Å²) in [7, 11) is 0. The zero-order valence-corrected chi connectivity index (χ0v) is 20.0. The number of hydrogen-bond acceptors (Lipinski definition) is 7. The van der Waals surface area contributed by atoms with Crippen LogP contribution in [0.4, 0.5) is 11.5 Å². The second kappa shape index (κ2) is 8.40. The number of carbonyl (C=O) groups is 2. The van der Waals surface area contributed by atoms with E-state index in [0.29, 0.717) is 41.9 Å². The van der Waals surface area contributed by atoms with Gasteiger partial charge in [0.1, 0.15) is 10.8 Å². The van der Waals surface area contributed by atoms with Crippen molar-refractivity contribution in [3.05, 3.63) is 35.7 Å². The Hall–Kier alpha value is -2.45. The van der Waals surface area contributed by atoms with Crippen molar-refractivity contribution in [2.75, 3.05) is 17.2 Å². The molecular formula is C25H31N5O2S. The fourth-order valence-electron chi connectivity index (χ4n) is 5.99. The molecule has 1 unspecified atom stereocenters. The van der Waals surface area contributed by atoms with Crippen molar-refractivity contribution in [3.8, 4) is 0 Å². The minimum Gasteiger partial charge on any atom is -0.381 e. The van der Waals surface area contributed by atoms with Crippen LogP contribution in [0, 0.1) is 5.41 Å². The predicted octanol–water partition coefficient (Wildman–Crippen LogP) is 4.01. The van der Waals surface area contributed by atoms with E-state index in [-0.39, 0.29) is 23.3 Å². The molecule has 33 heavy (non-hydrogen) atoms. The molecule has 3 aliphatic rings. The van der Waals surface area contributed by atoms with Gasteiger partial charge in [-0.1, -0.05) is 24.8 Å². The molecule has 2 heterocycles. The van der Waals surface area contributed by atoms with Gasteiger partial charge in [-0.05, 0) is 48.8 Å². The van der Waals surface area contributed by atoms with E-state index in [9.17, 15) is 9.59 Å². The van der Waals surface area contributed by atoms with Gasteiger partial charge in [0.25, 0.3) is 0 Å². The molecular weight excluding hydrogens is 434 g/mol. The highest BCUT2D eigenvalue weighted by Crippen LogP contribution is 2.50. The van der Waals surface area contributed by atoms with Crippen molar-refractivity contribution >= 4 is 35.0 Å². The summed E-state index contributed by atoms with van der Waals surface area (Å²) in [5, 5.41) is 0.691. The first-order valence-corrected chi connectivity index (χ1v) is 12.6. The SMILES string of the molecule is CC(=O)N1CC(C)c2c(Sc3ncc(C4CCC5(CC4)CC(=O)C[C@@H]5N)nc3N)cccc21. The molecule has 2 aromatic rings. The zero-order valence-electron chi connectivity index (χ0n) is 19.2. The van der Waals surface area contributed by atoms with Crippen molar-refractivity contribution in [2.45, 2.75) is 80.2 Å². The van der Waals surface area contributed by atoms with E-state index < -0.39 is 0 Å². The van der Waals surface area contributed by atoms with Gasteiger partial charge in [-0.25, -0.2) is 9.97 Å². The van der Waals surface area contributed by atoms with Gasteiger partial charge in [0.05, 0.1) is 11.9 Å². The van der Waals surface area contributed by atoms with E-state index in [1.165, 1.54) is 17.3 Å². The molecule has 0 saturated heterocycles. The van der Waals surface area contributed by atoms with E-state index >= 15 is 0 Å². The van der Waals surface area contributed by atoms with E-state index in [2.05, 4.69) is 18.0 Å². The Morgan fingerprint density at radius 1 is 1.27 bits per heavy atom. The number of nitrogens with zero attached hydrogens (tertiary/aromatic N) is 3. The quantitative estimate of drug-likeness (QED) is 0.703. The second-order valence-corrected chi connectivity index (χ2v) is 11.0. The van der Waals surface area contributed by atoms with Crippen LogP contribution in [0.15, 0.2) is 34.3 Å². The largest absolute Gasteiger partial charge is 0.381 e. The van der Waals surface area contributed by atoms with Crippen molar-refractivity contribution in [1.82, 2.24) is 9.97 Å². The lowest BCUT2D eigenvalue weighted by Gasteiger charge is -2.39. The molecule has 1 amide bonds. The van der Waals surface area contributed by atoms with E-state index in [1.807, 2.05) is 23.2 Å². The molecule has 7 nitrogen and oxygen atoms in total. The number of anilines is 2. The lowest BCUT2D eigenvalue weighted by Crippen LogP contribution is -2.39. The Labute approximate surface area is 198 Å². The Morgan fingerprint density at radius 3 is 2.67 bits per heavy atom. The molecule has 8 heteroatoms. The third-order valence-corrected chi connectivity index (χ3v) is 8.92. The standard InChI is InChI=1S/C25H31N5O2S/c1-14-13-30(15(2)31)19-4-3-5-20(22(14)19)33-24-23(27)29-18(12-28-24)16-6-8-25(9-7-16)11-17(32)10-21(25)26/h3-5,12,14,16,21H,6-11,13,26H2,1-2H3,(H2,27,29)/t14?,16?,21-,25?/m0/s1. The van der Waals surface area contributed by atoms with Crippen molar-refractivity contribution in [1.29, 1.82) is 0 Å². The summed E-state index contributed by atoms with van der Waals surface area (Å²) in [5.74, 6) is 1.36. The van der Waals surface area contributed by atoms with E-state index in [0.717, 1.165) is 42.0 Å². The predicted molar refractivity (Wildman–Crippen MR) is 129 cm³/mol. The number of aromatic nitrogens is 2. The van der Waals surface area contributed by atoms with Gasteiger partial charge in [0.2, 0.25) is 5.91 Å². The summed E-state index contributed by atoms with van der Waals surface area (Å²) in [4.78, 5) is 36.3. The van der Waals surface area contributed by atoms with E-state index in [1.54, 1.807) is 6.92 Å². The summed E-state index contributed by atoms with van der Waals surface area (Å²) < 4.78 is 0. The van der Waals surface area contributed by atoms with Crippen LogP contribution in [0.3, 0.4) is 0 Å². The van der Waals surface area contributed by atoms with Crippen LogP contribution in [0.25, 0.3) is 0 Å². The molecule has 2 saturated carbocycles. The second-order valence-electron chi connectivity index (χ2n) is 9.97. The van der Waals surface area contributed by atoms with Crippen LogP contribution >= 0.6 is 11.8 Å². The maximum absolute atomic E-state index is 12.0. The molecule has 0 radical (unpaired) electrons. The smallest absolute Gasteiger partial charge is 0.223 e. The maximum atomic E-state index is 12.0. The molecule has 1 aromatic carbocycles. The maximum Gasteiger partial charge on any atom is 0.223 e. The number of benzene rings is 1. The number of amides is 1. The fraction of sp³-hybridized carbons (Fsp3) is 0.520. The van der Waals surface area contributed by atoms with Gasteiger partial charge in [0, 0.05) is 54.8 Å². The van der Waals surface area contributed by atoms with Crippen LogP contribution in [-0.4, -0.2) is 34.2 Å². The third kappa shape index (κ3) is 3.93. The first-order valence-electron chi connectivity index (χ1n) is 11.8. The summed E-state index contributed by atoms with van der Waals surface area (Å²) in [6.45, 7) is 4.44. The number of nitrogens with two attached hydrogens (primary N) is 2. The summed E-state index contributed by atoms with van der Waals surface area (Å²) in [5.41, 5.74) is 15.7. The van der Waals surface area contributed by atoms with Crippen LogP contribution in [0.2, 0.25) is 0 Å². The molecule has 4 N–H and O–H groups in total. The average Bonchev–Trinajstić information content (AvgIpc) is 3.26. The lowest BCUT2D eigenvalue weighted by molar-refractivity contribution is -0.118. The molecule has 0 bridgehead atoms. The topological polar surface area (TPSA) is 115 Å². The Bertz CT molecular complexity index is 1110. The third-order valence-electron chi connectivity index (χ3n) is 7.84. The molecule has 1 spiro atoms. The first kappa shape index (κ1) is 22.3. The van der Waals surface area contributed by atoms with Crippen molar-refractivity contribution < 1.29 is 9.59 Å². The number of carbonyl (C=O) groups excluding carboxylic acids is 2. The first-order chi connectivity index (χ1) is 15.8. The Balaban J connectivity index is 1.32. The fourth-order valence-corrected chi connectivity index (χ4v) is 7.02. The van der Waals surface area contributed by atoms with Crippen molar-refractivity contribution in [2.24, 2.45) is 11.1 Å². The van der Waals surface area contributed by atoms with Gasteiger partial charge >= 0.3 is 0 Å².